The third-order valence-electron chi connectivity index (χ3n) is 5.07. The molecular formula is C21H24Cl2N2O2. The molecule has 0 spiro atoms. The van der Waals surface area contributed by atoms with Gasteiger partial charge in [0.25, 0.3) is 0 Å². The number of hydrogen-bond donors (Lipinski definition) is 0. The van der Waals surface area contributed by atoms with E-state index in [9.17, 15) is 4.79 Å². The van der Waals surface area contributed by atoms with Crippen molar-refractivity contribution >= 4 is 34.8 Å². The monoisotopic (exact) mass is 406 g/mol. The van der Waals surface area contributed by atoms with E-state index in [1.54, 1.807) is 12.0 Å². The number of likely N-dealkylation sites (tertiary alicyclic amines) is 1. The molecule has 1 aliphatic rings. The van der Waals surface area contributed by atoms with Gasteiger partial charge < -0.3 is 9.64 Å². The predicted molar refractivity (Wildman–Crippen MR) is 111 cm³/mol. The Bertz CT molecular complexity index is 792. The number of carbonyl (C=O) groups excluding carboxylic acids is 1. The van der Waals surface area contributed by atoms with Crippen LogP contribution >= 0.6 is 23.2 Å². The molecule has 0 aliphatic carbocycles. The molecule has 0 aromatic heterocycles. The van der Waals surface area contributed by atoms with Crippen molar-refractivity contribution in [2.24, 2.45) is 5.92 Å². The Hall–Kier alpha value is -1.75. The van der Waals surface area contributed by atoms with E-state index in [-0.39, 0.29) is 11.8 Å². The minimum absolute atomic E-state index is 0.0452. The Balaban J connectivity index is 1.69. The van der Waals surface area contributed by atoms with Crippen LogP contribution in [0.1, 0.15) is 18.4 Å². The number of benzene rings is 2. The average molecular weight is 407 g/mol. The quantitative estimate of drug-likeness (QED) is 0.709. The van der Waals surface area contributed by atoms with Crippen LogP contribution in [0.25, 0.3) is 0 Å². The van der Waals surface area contributed by atoms with E-state index >= 15 is 0 Å². The molecule has 144 valence electrons. The van der Waals surface area contributed by atoms with E-state index in [4.69, 9.17) is 27.9 Å². The maximum Gasteiger partial charge on any atom is 0.231 e. The number of nitrogens with zero attached hydrogens (tertiary/aromatic N) is 2. The number of halogens is 2. The fraction of sp³-hybridized carbons (Fsp3) is 0.381. The molecule has 0 unspecified atom stereocenters. The van der Waals surface area contributed by atoms with Gasteiger partial charge in [-0.1, -0.05) is 35.3 Å². The summed E-state index contributed by atoms with van der Waals surface area (Å²) < 4.78 is 5.26. The summed E-state index contributed by atoms with van der Waals surface area (Å²) in [6.45, 7) is 2.30. The summed E-state index contributed by atoms with van der Waals surface area (Å²) in [5, 5.41) is 1.34. The molecule has 1 saturated heterocycles. The molecule has 0 N–H and O–H groups in total. The highest BCUT2D eigenvalue weighted by Crippen LogP contribution is 2.29. The summed E-state index contributed by atoms with van der Waals surface area (Å²) in [5.74, 6) is 0.820. The van der Waals surface area contributed by atoms with Gasteiger partial charge in [-0.15, -0.1) is 0 Å². The van der Waals surface area contributed by atoms with Crippen LogP contribution in [0.2, 0.25) is 10.0 Å². The largest absolute Gasteiger partial charge is 0.497 e. The number of piperidine rings is 1. The summed E-state index contributed by atoms with van der Waals surface area (Å²) in [4.78, 5) is 17.0. The van der Waals surface area contributed by atoms with Gasteiger partial charge in [-0.3, -0.25) is 9.69 Å². The summed E-state index contributed by atoms with van der Waals surface area (Å²) in [6, 6.07) is 13.1. The lowest BCUT2D eigenvalue weighted by Gasteiger charge is -2.34. The van der Waals surface area contributed by atoms with Gasteiger partial charge in [0, 0.05) is 47.5 Å². The lowest BCUT2D eigenvalue weighted by atomic mass is 9.96. The van der Waals surface area contributed by atoms with Crippen LogP contribution in [0, 0.1) is 5.92 Å². The van der Waals surface area contributed by atoms with Gasteiger partial charge in [-0.2, -0.15) is 0 Å². The normalized spacial score (nSPS) is 17.6. The summed E-state index contributed by atoms with van der Waals surface area (Å²) in [6.07, 6.45) is 1.87. The highest BCUT2D eigenvalue weighted by molar-refractivity contribution is 6.35. The van der Waals surface area contributed by atoms with E-state index in [2.05, 4.69) is 4.90 Å². The van der Waals surface area contributed by atoms with Crippen LogP contribution in [0.5, 0.6) is 5.75 Å². The highest BCUT2D eigenvalue weighted by atomic mass is 35.5. The van der Waals surface area contributed by atoms with Gasteiger partial charge in [0.2, 0.25) is 5.91 Å². The number of hydrogen-bond acceptors (Lipinski definition) is 3. The lowest BCUT2D eigenvalue weighted by molar-refractivity contribution is -0.123. The molecule has 1 amide bonds. The average Bonchev–Trinajstić information content (AvgIpc) is 2.70. The third-order valence-corrected chi connectivity index (χ3v) is 5.78. The van der Waals surface area contributed by atoms with E-state index in [1.807, 2.05) is 49.5 Å². The topological polar surface area (TPSA) is 32.8 Å². The summed E-state index contributed by atoms with van der Waals surface area (Å²) in [7, 11) is 3.45. The summed E-state index contributed by atoms with van der Waals surface area (Å²) in [5.41, 5.74) is 1.76. The van der Waals surface area contributed by atoms with Crippen LogP contribution < -0.4 is 9.64 Å². The third kappa shape index (κ3) is 4.75. The van der Waals surface area contributed by atoms with Crippen LogP contribution in [-0.4, -0.2) is 38.1 Å². The Labute approximate surface area is 170 Å². The maximum absolute atomic E-state index is 13.0. The smallest absolute Gasteiger partial charge is 0.231 e. The standard InChI is InChI=1S/C21H24Cl2N2O2/c1-24(16-7-3-8-17(12-16)27-2)21(26)15-6-5-11-25(13-15)14-18-19(22)9-4-10-20(18)23/h3-4,7-10,12,15H,5-6,11,13-14H2,1-2H3/t15-/m0/s1. The minimum Gasteiger partial charge on any atom is -0.497 e. The van der Waals surface area contributed by atoms with Crippen LogP contribution in [-0.2, 0) is 11.3 Å². The van der Waals surface area contributed by atoms with Crippen molar-refractivity contribution in [2.45, 2.75) is 19.4 Å². The van der Waals surface area contributed by atoms with Crippen molar-refractivity contribution in [1.29, 1.82) is 0 Å². The van der Waals surface area contributed by atoms with E-state index in [1.165, 1.54) is 0 Å². The second-order valence-electron chi connectivity index (χ2n) is 6.87. The van der Waals surface area contributed by atoms with Crippen molar-refractivity contribution in [2.75, 3.05) is 32.1 Å². The second-order valence-corrected chi connectivity index (χ2v) is 7.69. The van der Waals surface area contributed by atoms with Gasteiger partial charge in [0.05, 0.1) is 13.0 Å². The van der Waals surface area contributed by atoms with Crippen LogP contribution in [0.4, 0.5) is 5.69 Å². The van der Waals surface area contributed by atoms with Gasteiger partial charge in [0.15, 0.2) is 0 Å². The minimum atomic E-state index is -0.0452. The van der Waals surface area contributed by atoms with Crippen molar-refractivity contribution < 1.29 is 9.53 Å². The SMILES string of the molecule is COc1cccc(N(C)C(=O)[C@H]2CCCN(Cc3c(Cl)cccc3Cl)C2)c1. The van der Waals surface area contributed by atoms with Crippen LogP contribution in [0.3, 0.4) is 0 Å². The van der Waals surface area contributed by atoms with Gasteiger partial charge >= 0.3 is 0 Å². The molecule has 2 aromatic carbocycles. The fourth-order valence-corrected chi connectivity index (χ4v) is 4.04. The van der Waals surface area contributed by atoms with E-state index < -0.39 is 0 Å². The number of amides is 1. The van der Waals surface area contributed by atoms with Crippen molar-refractivity contribution in [3.63, 3.8) is 0 Å². The molecule has 3 rings (SSSR count). The zero-order valence-corrected chi connectivity index (χ0v) is 17.1. The second kappa shape index (κ2) is 8.96. The Morgan fingerprint density at radius 1 is 1.22 bits per heavy atom. The molecule has 2 aromatic rings. The number of methoxy groups -OCH3 is 1. The Morgan fingerprint density at radius 2 is 1.93 bits per heavy atom. The maximum atomic E-state index is 13.0. The van der Waals surface area contributed by atoms with Crippen molar-refractivity contribution in [1.82, 2.24) is 4.90 Å². The first-order chi connectivity index (χ1) is 13.0. The zero-order chi connectivity index (χ0) is 19.4. The van der Waals surface area contributed by atoms with Crippen LogP contribution in [0.15, 0.2) is 42.5 Å². The van der Waals surface area contributed by atoms with E-state index in [0.29, 0.717) is 23.1 Å². The van der Waals surface area contributed by atoms with Crippen molar-refractivity contribution in [3.05, 3.63) is 58.1 Å². The fourth-order valence-electron chi connectivity index (χ4n) is 3.53. The Kier molecular flexibility index (Phi) is 6.64. The number of rotatable bonds is 5. The Morgan fingerprint density at radius 3 is 2.63 bits per heavy atom. The first-order valence-electron chi connectivity index (χ1n) is 9.06. The number of anilines is 1. The zero-order valence-electron chi connectivity index (χ0n) is 15.6. The number of ether oxygens (including phenoxy) is 1. The molecule has 27 heavy (non-hydrogen) atoms. The molecule has 1 heterocycles. The molecule has 4 nitrogen and oxygen atoms in total. The molecule has 1 atom stereocenters. The van der Waals surface area contributed by atoms with Gasteiger partial charge in [-0.05, 0) is 43.7 Å². The molecule has 1 fully saturated rings. The predicted octanol–water partition coefficient (Wildman–Crippen LogP) is 4.88. The van der Waals surface area contributed by atoms with Crippen molar-refractivity contribution in [3.8, 4) is 5.75 Å². The molecule has 6 heteroatoms. The number of carbonyl (C=O) groups is 1. The first kappa shape index (κ1) is 20.0. The summed E-state index contributed by atoms with van der Waals surface area (Å²) >= 11 is 12.6. The molecule has 0 radical (unpaired) electrons. The van der Waals surface area contributed by atoms with Gasteiger partial charge in [-0.25, -0.2) is 0 Å². The van der Waals surface area contributed by atoms with Gasteiger partial charge in [0.1, 0.15) is 5.75 Å². The molecule has 0 saturated carbocycles. The highest BCUT2D eigenvalue weighted by Gasteiger charge is 2.29. The lowest BCUT2D eigenvalue weighted by Crippen LogP contribution is -2.43. The van der Waals surface area contributed by atoms with E-state index in [0.717, 1.165) is 36.4 Å². The molecule has 0 bridgehead atoms. The molecule has 1 aliphatic heterocycles. The molecular weight excluding hydrogens is 383 g/mol. The first-order valence-corrected chi connectivity index (χ1v) is 9.82.